The second-order valence-electron chi connectivity index (χ2n) is 5.57. The van der Waals surface area contributed by atoms with Crippen LogP contribution in [0.3, 0.4) is 0 Å². The number of rotatable bonds is 3. The van der Waals surface area contributed by atoms with Gasteiger partial charge in [-0.1, -0.05) is 53.8 Å². The summed E-state index contributed by atoms with van der Waals surface area (Å²) in [5, 5.41) is 4.32. The number of hydrogen-bond donors (Lipinski definition) is 0. The van der Waals surface area contributed by atoms with Crippen LogP contribution in [0.25, 0.3) is 22.4 Å². The molecule has 0 unspecified atom stereocenters. The average Bonchev–Trinajstić information content (AvgIpc) is 3.17. The van der Waals surface area contributed by atoms with E-state index < -0.39 is 0 Å². The molecule has 2 aromatic heterocycles. The van der Waals surface area contributed by atoms with Gasteiger partial charge in [-0.05, 0) is 23.8 Å². The summed E-state index contributed by atoms with van der Waals surface area (Å²) in [6.45, 7) is 1.35. The molecule has 0 saturated heterocycles. The van der Waals surface area contributed by atoms with Crippen LogP contribution in [0.4, 0.5) is 0 Å². The number of fused-ring (bicyclic) bond motifs is 1. The molecule has 6 nitrogen and oxygen atoms in total. The number of esters is 1. The third kappa shape index (κ3) is 3.12. The first-order valence-electron chi connectivity index (χ1n) is 7.85. The fraction of sp³-hybridized carbons (Fsp3) is 0.0526. The van der Waals surface area contributed by atoms with Gasteiger partial charge in [0.1, 0.15) is 5.75 Å². The van der Waals surface area contributed by atoms with Crippen LogP contribution in [0.2, 0.25) is 0 Å². The minimum Gasteiger partial charge on any atom is -0.427 e. The Bertz CT molecular complexity index is 1190. The molecule has 0 saturated carbocycles. The van der Waals surface area contributed by atoms with Crippen molar-refractivity contribution in [1.82, 2.24) is 14.6 Å². The first-order chi connectivity index (χ1) is 12.6. The summed E-state index contributed by atoms with van der Waals surface area (Å²) in [6.07, 6.45) is 1.77. The van der Waals surface area contributed by atoms with Crippen LogP contribution in [0.1, 0.15) is 12.5 Å². The first kappa shape index (κ1) is 16.2. The van der Waals surface area contributed by atoms with Gasteiger partial charge in [0.05, 0.1) is 4.53 Å². The zero-order valence-corrected chi connectivity index (χ0v) is 14.6. The maximum atomic E-state index is 12.6. The lowest BCUT2D eigenvalue weighted by molar-refractivity contribution is -0.131. The van der Waals surface area contributed by atoms with Crippen molar-refractivity contribution >= 4 is 28.3 Å². The van der Waals surface area contributed by atoms with Crippen LogP contribution < -0.4 is 14.8 Å². The molecule has 0 aliphatic rings. The molecule has 0 fully saturated rings. The second kappa shape index (κ2) is 6.53. The highest BCUT2D eigenvalue weighted by Crippen LogP contribution is 2.16. The van der Waals surface area contributed by atoms with Crippen molar-refractivity contribution in [3.8, 4) is 17.1 Å². The molecule has 0 N–H and O–H groups in total. The summed E-state index contributed by atoms with van der Waals surface area (Å²) in [7, 11) is 0. The Morgan fingerprint density at radius 1 is 1.12 bits per heavy atom. The number of aromatic nitrogens is 3. The average molecular weight is 363 g/mol. The van der Waals surface area contributed by atoms with Gasteiger partial charge in [0.25, 0.3) is 5.56 Å². The molecule has 0 bridgehead atoms. The Morgan fingerprint density at radius 2 is 1.85 bits per heavy atom. The zero-order chi connectivity index (χ0) is 18.1. The Labute approximate surface area is 152 Å². The molecule has 0 spiro atoms. The van der Waals surface area contributed by atoms with Crippen LogP contribution in [-0.4, -0.2) is 20.6 Å². The molecule has 4 rings (SSSR count). The number of ether oxygens (including phenoxy) is 1. The van der Waals surface area contributed by atoms with Gasteiger partial charge in [0, 0.05) is 12.5 Å². The van der Waals surface area contributed by atoms with Crippen molar-refractivity contribution in [3.63, 3.8) is 0 Å². The Hall–Kier alpha value is -3.32. The van der Waals surface area contributed by atoms with E-state index in [1.54, 1.807) is 30.3 Å². The van der Waals surface area contributed by atoms with E-state index in [2.05, 4.69) is 10.1 Å². The van der Waals surface area contributed by atoms with Gasteiger partial charge in [-0.25, -0.2) is 0 Å². The van der Waals surface area contributed by atoms with Gasteiger partial charge in [0.15, 0.2) is 5.82 Å². The van der Waals surface area contributed by atoms with E-state index in [9.17, 15) is 9.59 Å². The number of hydrogen-bond acceptors (Lipinski definition) is 6. The van der Waals surface area contributed by atoms with Crippen molar-refractivity contribution in [1.29, 1.82) is 0 Å². The SMILES string of the molecule is CC(=O)Oc1ccc(C=c2sc3nc(-c4ccccc4)nn3c2=O)cc1. The minimum absolute atomic E-state index is 0.205. The molecular formula is C19H13N3O3S. The predicted molar refractivity (Wildman–Crippen MR) is 99.1 cm³/mol. The largest absolute Gasteiger partial charge is 0.427 e. The molecule has 128 valence electrons. The van der Waals surface area contributed by atoms with Gasteiger partial charge in [-0.3, -0.25) is 9.59 Å². The van der Waals surface area contributed by atoms with E-state index in [1.807, 2.05) is 30.3 Å². The van der Waals surface area contributed by atoms with E-state index >= 15 is 0 Å². The highest BCUT2D eigenvalue weighted by molar-refractivity contribution is 7.15. The number of benzene rings is 2. The van der Waals surface area contributed by atoms with Crippen LogP contribution in [0, 0.1) is 0 Å². The molecule has 26 heavy (non-hydrogen) atoms. The molecular weight excluding hydrogens is 350 g/mol. The van der Waals surface area contributed by atoms with Gasteiger partial charge in [-0.2, -0.15) is 9.50 Å². The van der Waals surface area contributed by atoms with E-state index in [1.165, 1.54) is 22.8 Å². The van der Waals surface area contributed by atoms with Gasteiger partial charge in [0.2, 0.25) is 4.96 Å². The maximum Gasteiger partial charge on any atom is 0.308 e. The van der Waals surface area contributed by atoms with Gasteiger partial charge >= 0.3 is 5.97 Å². The van der Waals surface area contributed by atoms with E-state index in [0.717, 1.165) is 11.1 Å². The first-order valence-corrected chi connectivity index (χ1v) is 8.67. The number of carbonyl (C=O) groups is 1. The predicted octanol–water partition coefficient (Wildman–Crippen LogP) is 2.29. The number of thiazole rings is 1. The zero-order valence-electron chi connectivity index (χ0n) is 13.7. The van der Waals surface area contributed by atoms with Gasteiger partial charge in [-0.15, -0.1) is 5.10 Å². The third-order valence-corrected chi connectivity index (χ3v) is 4.61. The Balaban J connectivity index is 1.70. The summed E-state index contributed by atoms with van der Waals surface area (Å²) in [5.41, 5.74) is 1.49. The maximum absolute atomic E-state index is 12.6. The molecule has 2 heterocycles. The summed E-state index contributed by atoms with van der Waals surface area (Å²) >= 11 is 1.29. The summed E-state index contributed by atoms with van der Waals surface area (Å²) in [5.74, 6) is 0.627. The van der Waals surface area contributed by atoms with E-state index in [0.29, 0.717) is 21.1 Å². The van der Waals surface area contributed by atoms with E-state index in [4.69, 9.17) is 4.74 Å². The van der Waals surface area contributed by atoms with E-state index in [-0.39, 0.29) is 11.5 Å². The summed E-state index contributed by atoms with van der Waals surface area (Å²) < 4.78 is 6.86. The van der Waals surface area contributed by atoms with Crippen molar-refractivity contribution in [2.45, 2.75) is 6.92 Å². The van der Waals surface area contributed by atoms with Crippen molar-refractivity contribution in [2.24, 2.45) is 0 Å². The second-order valence-corrected chi connectivity index (χ2v) is 6.58. The lowest BCUT2D eigenvalue weighted by Gasteiger charge is -2.00. The Morgan fingerprint density at radius 3 is 2.50 bits per heavy atom. The van der Waals surface area contributed by atoms with Crippen molar-refractivity contribution in [3.05, 3.63) is 75.0 Å². The van der Waals surface area contributed by atoms with Crippen LogP contribution in [0.5, 0.6) is 5.75 Å². The molecule has 7 heteroatoms. The van der Waals surface area contributed by atoms with Crippen molar-refractivity contribution < 1.29 is 9.53 Å². The highest BCUT2D eigenvalue weighted by atomic mass is 32.1. The standard InChI is InChI=1S/C19H13N3O3S/c1-12(23)25-15-9-7-13(8-10-15)11-16-18(24)22-19(26-16)20-17(21-22)14-5-3-2-4-6-14/h2-11H,1H3. The topological polar surface area (TPSA) is 73.6 Å². The monoisotopic (exact) mass is 363 g/mol. The van der Waals surface area contributed by atoms with Gasteiger partial charge < -0.3 is 4.74 Å². The molecule has 2 aromatic carbocycles. The Kier molecular flexibility index (Phi) is 4.06. The summed E-state index contributed by atoms with van der Waals surface area (Å²) in [6, 6.07) is 16.5. The number of carbonyl (C=O) groups excluding carboxylic acids is 1. The molecule has 0 radical (unpaired) electrons. The van der Waals surface area contributed by atoms with Crippen LogP contribution in [0.15, 0.2) is 59.4 Å². The normalized spacial score (nSPS) is 11.8. The van der Waals surface area contributed by atoms with Crippen molar-refractivity contribution in [2.75, 3.05) is 0 Å². The molecule has 0 aliphatic heterocycles. The lowest BCUT2D eigenvalue weighted by Crippen LogP contribution is -2.23. The highest BCUT2D eigenvalue weighted by Gasteiger charge is 2.11. The lowest BCUT2D eigenvalue weighted by atomic mass is 10.2. The molecule has 0 atom stereocenters. The molecule has 0 aliphatic carbocycles. The molecule has 0 amide bonds. The van der Waals surface area contributed by atoms with Crippen LogP contribution in [-0.2, 0) is 4.79 Å². The fourth-order valence-electron chi connectivity index (χ4n) is 2.49. The minimum atomic E-state index is -0.372. The fourth-order valence-corrected chi connectivity index (χ4v) is 3.40. The molecule has 4 aromatic rings. The smallest absolute Gasteiger partial charge is 0.308 e. The summed E-state index contributed by atoms with van der Waals surface area (Å²) in [4.78, 5) is 28.5. The van der Waals surface area contributed by atoms with Crippen LogP contribution >= 0.6 is 11.3 Å². The quantitative estimate of drug-likeness (QED) is 0.412. The number of nitrogens with zero attached hydrogens (tertiary/aromatic N) is 3. The third-order valence-electron chi connectivity index (χ3n) is 3.65.